The molecule has 0 radical (unpaired) electrons. The third kappa shape index (κ3) is 3.95. The molecule has 0 aromatic carbocycles. The Hall–Kier alpha value is -1.04. The molecule has 3 rings (SSSR count). The maximum Gasteiger partial charge on any atom is 0.233 e. The first-order valence-corrected chi connectivity index (χ1v) is 10.3. The molecule has 0 spiro atoms. The molecular weight excluding hydrogens is 320 g/mol. The van der Waals surface area contributed by atoms with Crippen LogP contribution in [-0.2, 0) is 17.8 Å². The minimum Gasteiger partial charge on any atom is -0.352 e. The number of aryl methyl sites for hydroxylation is 1. The molecule has 1 aromatic rings. The predicted molar refractivity (Wildman–Crippen MR) is 97.0 cm³/mol. The van der Waals surface area contributed by atoms with E-state index in [1.165, 1.54) is 32.1 Å². The molecule has 134 valence electrons. The number of nitrogens with one attached hydrogen (secondary N) is 1. The molecule has 0 bridgehead atoms. The van der Waals surface area contributed by atoms with Crippen LogP contribution in [0.2, 0.25) is 0 Å². The number of rotatable bonds is 4. The van der Waals surface area contributed by atoms with Gasteiger partial charge in [0, 0.05) is 19.0 Å². The lowest BCUT2D eigenvalue weighted by molar-refractivity contribution is -0.121. The molecule has 1 fully saturated rings. The summed E-state index contributed by atoms with van der Waals surface area (Å²) in [5.74, 6) is 2.47. The number of amides is 1. The second-order valence-corrected chi connectivity index (χ2v) is 8.81. The highest BCUT2D eigenvalue weighted by Gasteiger charge is 2.30. The van der Waals surface area contributed by atoms with Crippen LogP contribution in [0.5, 0.6) is 0 Å². The summed E-state index contributed by atoms with van der Waals surface area (Å²) in [6, 6.07) is 0.319. The van der Waals surface area contributed by atoms with Gasteiger partial charge in [-0.3, -0.25) is 4.79 Å². The van der Waals surface area contributed by atoms with Crippen molar-refractivity contribution in [3.8, 4) is 0 Å². The van der Waals surface area contributed by atoms with Crippen molar-refractivity contribution >= 4 is 17.7 Å². The Kier molecular flexibility index (Phi) is 5.85. The fraction of sp³-hybridized carbons (Fsp3) is 0.833. The van der Waals surface area contributed by atoms with Gasteiger partial charge in [-0.05, 0) is 38.0 Å². The van der Waals surface area contributed by atoms with Gasteiger partial charge in [-0.1, -0.05) is 44.9 Å². The van der Waals surface area contributed by atoms with E-state index in [4.69, 9.17) is 0 Å². The average molecular weight is 351 g/mol. The summed E-state index contributed by atoms with van der Waals surface area (Å²) < 4.78 is 2.22. The van der Waals surface area contributed by atoms with Gasteiger partial charge < -0.3 is 9.88 Å². The number of carbonyl (C=O) groups is 1. The van der Waals surface area contributed by atoms with E-state index < -0.39 is 0 Å². The molecule has 6 heteroatoms. The summed E-state index contributed by atoms with van der Waals surface area (Å²) in [5.41, 5.74) is 0. The molecule has 2 aliphatic rings. The van der Waals surface area contributed by atoms with Gasteiger partial charge in [-0.25, -0.2) is 0 Å². The van der Waals surface area contributed by atoms with Crippen molar-refractivity contribution in [2.24, 2.45) is 11.8 Å². The van der Waals surface area contributed by atoms with E-state index in [2.05, 4.69) is 33.9 Å². The van der Waals surface area contributed by atoms with Crippen LogP contribution in [0, 0.1) is 11.8 Å². The van der Waals surface area contributed by atoms with Gasteiger partial charge in [0.05, 0.1) is 5.25 Å². The third-order valence-electron chi connectivity index (χ3n) is 5.76. The summed E-state index contributed by atoms with van der Waals surface area (Å²) in [6.07, 6.45) is 8.23. The first-order valence-electron chi connectivity index (χ1n) is 9.45. The average Bonchev–Trinajstić information content (AvgIpc) is 2.79. The van der Waals surface area contributed by atoms with E-state index in [1.54, 1.807) is 11.8 Å². The first kappa shape index (κ1) is 17.8. The lowest BCUT2D eigenvalue weighted by Gasteiger charge is -2.35. The van der Waals surface area contributed by atoms with Crippen molar-refractivity contribution in [3.05, 3.63) is 5.82 Å². The monoisotopic (exact) mass is 350 g/mol. The highest BCUT2D eigenvalue weighted by Crippen LogP contribution is 2.30. The zero-order chi connectivity index (χ0) is 17.1. The van der Waals surface area contributed by atoms with Crippen molar-refractivity contribution in [1.82, 2.24) is 20.1 Å². The molecule has 24 heavy (non-hydrogen) atoms. The number of thioether (sulfide) groups is 1. The van der Waals surface area contributed by atoms with Crippen LogP contribution in [0.25, 0.3) is 0 Å². The quantitative estimate of drug-likeness (QED) is 0.845. The fourth-order valence-electron chi connectivity index (χ4n) is 3.84. The Balaban J connectivity index is 1.59. The van der Waals surface area contributed by atoms with Crippen LogP contribution in [0.1, 0.15) is 65.1 Å². The van der Waals surface area contributed by atoms with Gasteiger partial charge >= 0.3 is 0 Å². The second-order valence-electron chi connectivity index (χ2n) is 7.50. The van der Waals surface area contributed by atoms with E-state index >= 15 is 0 Å². The predicted octanol–water partition coefficient (Wildman–Crippen LogP) is 3.43. The van der Waals surface area contributed by atoms with Crippen molar-refractivity contribution in [3.63, 3.8) is 0 Å². The smallest absolute Gasteiger partial charge is 0.233 e. The molecule has 1 N–H and O–H groups in total. The molecular formula is C18H30N4OS. The van der Waals surface area contributed by atoms with Gasteiger partial charge in [0.15, 0.2) is 5.16 Å². The van der Waals surface area contributed by atoms with Gasteiger partial charge in [-0.15, -0.1) is 10.2 Å². The highest BCUT2D eigenvalue weighted by atomic mass is 32.2. The maximum absolute atomic E-state index is 12.6. The van der Waals surface area contributed by atoms with Gasteiger partial charge in [0.2, 0.25) is 5.91 Å². The number of hydrogen-bond donors (Lipinski definition) is 1. The van der Waals surface area contributed by atoms with Crippen molar-refractivity contribution in [2.45, 2.75) is 88.7 Å². The van der Waals surface area contributed by atoms with Crippen molar-refractivity contribution in [1.29, 1.82) is 0 Å². The molecule has 0 saturated heterocycles. The molecule has 5 nitrogen and oxygen atoms in total. The zero-order valence-corrected chi connectivity index (χ0v) is 15.9. The highest BCUT2D eigenvalue weighted by molar-refractivity contribution is 8.00. The Bertz CT molecular complexity index is 573. The maximum atomic E-state index is 12.6. The largest absolute Gasteiger partial charge is 0.352 e. The van der Waals surface area contributed by atoms with Crippen LogP contribution >= 0.6 is 11.8 Å². The Morgan fingerprint density at radius 3 is 2.88 bits per heavy atom. The minimum absolute atomic E-state index is 0.133. The molecule has 1 aromatic heterocycles. The summed E-state index contributed by atoms with van der Waals surface area (Å²) in [5, 5.41) is 12.7. The van der Waals surface area contributed by atoms with Crippen LogP contribution < -0.4 is 5.32 Å². The van der Waals surface area contributed by atoms with Crippen LogP contribution in [0.3, 0.4) is 0 Å². The van der Waals surface area contributed by atoms with E-state index in [0.717, 1.165) is 30.4 Å². The Morgan fingerprint density at radius 1 is 1.21 bits per heavy atom. The summed E-state index contributed by atoms with van der Waals surface area (Å²) in [7, 11) is 0. The number of aromatic nitrogens is 3. The number of nitrogens with zero attached hydrogens (tertiary/aromatic N) is 3. The Morgan fingerprint density at radius 2 is 2.04 bits per heavy atom. The lowest BCUT2D eigenvalue weighted by atomic mass is 9.78. The van der Waals surface area contributed by atoms with Gasteiger partial charge in [0.1, 0.15) is 5.82 Å². The third-order valence-corrected chi connectivity index (χ3v) is 6.84. The van der Waals surface area contributed by atoms with Crippen molar-refractivity contribution in [2.75, 3.05) is 0 Å². The number of carbonyl (C=O) groups excluding carboxylic acids is 1. The number of hydrogen-bond acceptors (Lipinski definition) is 4. The zero-order valence-electron chi connectivity index (χ0n) is 15.1. The molecule has 4 atom stereocenters. The minimum atomic E-state index is -0.133. The lowest BCUT2D eigenvalue weighted by Crippen LogP contribution is -2.46. The normalized spacial score (nSPS) is 28.7. The fourth-order valence-corrected chi connectivity index (χ4v) is 4.75. The van der Waals surface area contributed by atoms with Crippen molar-refractivity contribution < 1.29 is 4.79 Å². The van der Waals surface area contributed by atoms with E-state index in [1.807, 2.05) is 6.92 Å². The molecule has 1 saturated carbocycles. The Labute approximate surface area is 149 Å². The first-order chi connectivity index (χ1) is 11.6. The molecule has 0 unspecified atom stereocenters. The van der Waals surface area contributed by atoms with E-state index in [0.29, 0.717) is 17.9 Å². The molecule has 1 amide bonds. The summed E-state index contributed by atoms with van der Waals surface area (Å²) in [6.45, 7) is 7.53. The van der Waals surface area contributed by atoms with E-state index in [-0.39, 0.29) is 11.2 Å². The van der Waals surface area contributed by atoms with E-state index in [9.17, 15) is 4.79 Å². The second kappa shape index (κ2) is 7.89. The molecule has 1 aliphatic carbocycles. The van der Waals surface area contributed by atoms with Crippen LogP contribution in [0.15, 0.2) is 5.16 Å². The number of fused-ring (bicyclic) bond motifs is 1. The SMILES string of the molecule is C[C@@H]1[C@H](C)CCC[C@H]1NC(=O)[C@H](C)Sc1nnc2n1CCCCC2. The standard InChI is InChI=1S/C18H30N4OS/c1-12-8-7-9-15(13(12)2)19-17(23)14(3)24-18-21-20-16-10-5-4-6-11-22(16)18/h12-15H,4-11H2,1-3H3,(H,19,23)/t12-,13-,14+,15-/m1/s1. The molecule has 1 aliphatic heterocycles. The van der Waals surface area contributed by atoms with Crippen LogP contribution in [-0.4, -0.2) is 32.0 Å². The summed E-state index contributed by atoms with van der Waals surface area (Å²) in [4.78, 5) is 12.6. The molecule has 2 heterocycles. The van der Waals surface area contributed by atoms with Gasteiger partial charge in [0.25, 0.3) is 0 Å². The van der Waals surface area contributed by atoms with Gasteiger partial charge in [-0.2, -0.15) is 0 Å². The topological polar surface area (TPSA) is 59.8 Å². The van der Waals surface area contributed by atoms with Crippen LogP contribution in [0.4, 0.5) is 0 Å². The summed E-state index contributed by atoms with van der Waals surface area (Å²) >= 11 is 1.55.